The summed E-state index contributed by atoms with van der Waals surface area (Å²) >= 11 is 0. The fourth-order valence-electron chi connectivity index (χ4n) is 4.28. The largest absolute Gasteiger partial charge is 0.370 e. The lowest BCUT2D eigenvalue weighted by molar-refractivity contribution is -0.00807. The highest BCUT2D eigenvalue weighted by atomic mass is 127. The van der Waals surface area contributed by atoms with Gasteiger partial charge in [0.2, 0.25) is 0 Å². The van der Waals surface area contributed by atoms with Crippen molar-refractivity contribution in [1.29, 1.82) is 0 Å². The molecule has 8 heteroatoms. The number of aliphatic imine (C=N–C) groups is 1. The zero-order valence-electron chi connectivity index (χ0n) is 17.1. The fourth-order valence-corrected chi connectivity index (χ4v) is 4.28. The van der Waals surface area contributed by atoms with Gasteiger partial charge >= 0.3 is 0 Å². The summed E-state index contributed by atoms with van der Waals surface area (Å²) in [6.07, 6.45) is 5.33. The van der Waals surface area contributed by atoms with Crippen molar-refractivity contribution < 1.29 is 4.74 Å². The van der Waals surface area contributed by atoms with E-state index in [0.717, 1.165) is 49.5 Å². The lowest BCUT2D eigenvalue weighted by Gasteiger charge is -2.36. The molecule has 0 spiro atoms. The van der Waals surface area contributed by atoms with Gasteiger partial charge in [0.15, 0.2) is 5.96 Å². The second-order valence-electron chi connectivity index (χ2n) is 7.93. The Labute approximate surface area is 180 Å². The molecule has 0 aliphatic carbocycles. The minimum atomic E-state index is 0. The molecule has 1 N–H and O–H groups in total. The van der Waals surface area contributed by atoms with Crippen LogP contribution in [-0.2, 0) is 11.8 Å². The second kappa shape index (κ2) is 10.6. The molecule has 3 atom stereocenters. The molecule has 2 aliphatic rings. The Bertz CT molecular complexity index is 597. The van der Waals surface area contributed by atoms with Crippen molar-refractivity contribution in [3.8, 4) is 0 Å². The number of guanidine groups is 1. The number of piperidine rings is 1. The predicted octanol–water partition coefficient (Wildman–Crippen LogP) is 1.96. The third-order valence-corrected chi connectivity index (χ3v) is 5.33. The smallest absolute Gasteiger partial charge is 0.193 e. The van der Waals surface area contributed by atoms with E-state index < -0.39 is 0 Å². The van der Waals surface area contributed by atoms with Crippen LogP contribution in [0.3, 0.4) is 0 Å². The minimum Gasteiger partial charge on any atom is -0.370 e. The van der Waals surface area contributed by atoms with Gasteiger partial charge in [-0.05, 0) is 18.3 Å². The maximum Gasteiger partial charge on any atom is 0.193 e. The number of aryl methyl sites for hydroxylation is 1. The van der Waals surface area contributed by atoms with E-state index in [9.17, 15) is 0 Å². The molecule has 0 saturated carbocycles. The highest BCUT2D eigenvalue weighted by molar-refractivity contribution is 14.0. The first-order valence-electron chi connectivity index (χ1n) is 9.83. The molecule has 7 nitrogen and oxygen atoms in total. The molecule has 0 radical (unpaired) electrons. The molecule has 3 unspecified atom stereocenters. The normalized spacial score (nSPS) is 27.3. The first-order valence-corrected chi connectivity index (χ1v) is 9.83. The van der Waals surface area contributed by atoms with Crippen molar-refractivity contribution in [2.75, 3.05) is 52.9 Å². The van der Waals surface area contributed by atoms with E-state index >= 15 is 0 Å². The summed E-state index contributed by atoms with van der Waals surface area (Å²) in [5.41, 5.74) is 1.13. The van der Waals surface area contributed by atoms with Gasteiger partial charge < -0.3 is 19.9 Å². The van der Waals surface area contributed by atoms with E-state index in [2.05, 4.69) is 39.1 Å². The van der Waals surface area contributed by atoms with Gasteiger partial charge in [-0.1, -0.05) is 13.8 Å². The van der Waals surface area contributed by atoms with Crippen molar-refractivity contribution in [2.45, 2.75) is 26.4 Å². The average molecular weight is 490 g/mol. The number of hydrogen-bond acceptors (Lipinski definition) is 4. The van der Waals surface area contributed by atoms with Gasteiger partial charge in [0, 0.05) is 58.6 Å². The van der Waals surface area contributed by atoms with Gasteiger partial charge in [-0.2, -0.15) is 5.10 Å². The van der Waals surface area contributed by atoms with Gasteiger partial charge in [-0.15, -0.1) is 24.0 Å². The Balaban J connectivity index is 0.00000261. The standard InChI is InChI=1S/C19H34N6O.HI/c1-15-9-16(2)12-24(11-15)6-5-21-19(20-3)25-7-8-26-18(14-25)17-10-22-23(4)13-17;/h10,13,15-16,18H,5-9,11-12,14H2,1-4H3,(H,20,21);1H. The van der Waals surface area contributed by atoms with Crippen molar-refractivity contribution in [3.05, 3.63) is 18.0 Å². The predicted molar refractivity (Wildman–Crippen MR) is 120 cm³/mol. The summed E-state index contributed by atoms with van der Waals surface area (Å²) in [4.78, 5) is 9.37. The van der Waals surface area contributed by atoms with E-state index in [-0.39, 0.29) is 30.1 Å². The molecule has 1 aromatic rings. The maximum atomic E-state index is 5.94. The number of likely N-dealkylation sites (tertiary alicyclic amines) is 1. The molecule has 0 aromatic carbocycles. The molecule has 0 bridgehead atoms. The Morgan fingerprint density at radius 2 is 2.04 bits per heavy atom. The van der Waals surface area contributed by atoms with Gasteiger partial charge in [-0.25, -0.2) is 0 Å². The molecular formula is C19H35IN6O. The summed E-state index contributed by atoms with van der Waals surface area (Å²) < 4.78 is 7.76. The summed E-state index contributed by atoms with van der Waals surface area (Å²) in [5.74, 6) is 2.58. The van der Waals surface area contributed by atoms with Crippen LogP contribution < -0.4 is 5.32 Å². The average Bonchev–Trinajstić information content (AvgIpc) is 3.04. The summed E-state index contributed by atoms with van der Waals surface area (Å²) in [5, 5.41) is 7.81. The zero-order chi connectivity index (χ0) is 18.5. The number of halogens is 1. The Hall–Kier alpha value is -0.870. The van der Waals surface area contributed by atoms with Crippen molar-refractivity contribution in [3.63, 3.8) is 0 Å². The SMILES string of the molecule is CN=C(NCCN1CC(C)CC(C)C1)N1CCOC(c2cnn(C)c2)C1.I. The highest BCUT2D eigenvalue weighted by Crippen LogP contribution is 2.22. The molecule has 3 rings (SSSR count). The lowest BCUT2D eigenvalue weighted by atomic mass is 9.92. The number of hydrogen-bond donors (Lipinski definition) is 1. The van der Waals surface area contributed by atoms with Crippen LogP contribution in [-0.4, -0.2) is 78.5 Å². The third-order valence-electron chi connectivity index (χ3n) is 5.33. The number of morpholine rings is 1. The molecule has 2 fully saturated rings. The fraction of sp³-hybridized carbons (Fsp3) is 0.789. The highest BCUT2D eigenvalue weighted by Gasteiger charge is 2.25. The van der Waals surface area contributed by atoms with Gasteiger partial charge in [0.1, 0.15) is 6.10 Å². The number of ether oxygens (including phenoxy) is 1. The van der Waals surface area contributed by atoms with Crippen LogP contribution in [0.2, 0.25) is 0 Å². The van der Waals surface area contributed by atoms with E-state index in [4.69, 9.17) is 4.74 Å². The Kier molecular flexibility index (Phi) is 8.81. The number of aromatic nitrogens is 2. The molecule has 2 aliphatic heterocycles. The molecule has 27 heavy (non-hydrogen) atoms. The molecule has 0 amide bonds. The van der Waals surface area contributed by atoms with Gasteiger partial charge in [0.05, 0.1) is 19.3 Å². The first-order chi connectivity index (χ1) is 12.5. The van der Waals surface area contributed by atoms with Crippen LogP contribution >= 0.6 is 24.0 Å². The molecule has 2 saturated heterocycles. The summed E-state index contributed by atoms with van der Waals surface area (Å²) in [7, 11) is 3.80. The number of rotatable bonds is 4. The first kappa shape index (κ1) is 22.4. The minimum absolute atomic E-state index is 0. The van der Waals surface area contributed by atoms with Crippen LogP contribution in [0.5, 0.6) is 0 Å². The van der Waals surface area contributed by atoms with E-state index in [0.29, 0.717) is 6.61 Å². The Morgan fingerprint density at radius 1 is 1.30 bits per heavy atom. The molecule has 3 heterocycles. The van der Waals surface area contributed by atoms with E-state index in [1.54, 1.807) is 0 Å². The number of nitrogens with zero attached hydrogens (tertiary/aromatic N) is 5. The van der Waals surface area contributed by atoms with Crippen molar-refractivity contribution in [1.82, 2.24) is 24.9 Å². The topological polar surface area (TPSA) is 57.9 Å². The third kappa shape index (κ3) is 6.32. The summed E-state index contributed by atoms with van der Waals surface area (Å²) in [6.45, 7) is 11.5. The lowest BCUT2D eigenvalue weighted by Crippen LogP contribution is -2.50. The second-order valence-corrected chi connectivity index (χ2v) is 7.93. The van der Waals surface area contributed by atoms with Crippen LogP contribution in [0.1, 0.15) is 31.9 Å². The van der Waals surface area contributed by atoms with Gasteiger partial charge in [-0.3, -0.25) is 9.67 Å². The quantitative estimate of drug-likeness (QED) is 0.398. The van der Waals surface area contributed by atoms with Crippen LogP contribution in [0.15, 0.2) is 17.4 Å². The van der Waals surface area contributed by atoms with E-state index in [1.807, 2.05) is 31.2 Å². The van der Waals surface area contributed by atoms with Crippen LogP contribution in [0.4, 0.5) is 0 Å². The van der Waals surface area contributed by atoms with Crippen LogP contribution in [0.25, 0.3) is 0 Å². The number of nitrogens with one attached hydrogen (secondary N) is 1. The van der Waals surface area contributed by atoms with Crippen molar-refractivity contribution in [2.24, 2.45) is 23.9 Å². The molecule has 154 valence electrons. The van der Waals surface area contributed by atoms with Gasteiger partial charge in [0.25, 0.3) is 0 Å². The zero-order valence-corrected chi connectivity index (χ0v) is 19.4. The maximum absolute atomic E-state index is 5.94. The summed E-state index contributed by atoms with van der Waals surface area (Å²) in [6, 6.07) is 0. The molecule has 1 aromatic heterocycles. The van der Waals surface area contributed by atoms with Crippen LogP contribution in [0, 0.1) is 11.8 Å². The molecular weight excluding hydrogens is 455 g/mol. The monoisotopic (exact) mass is 490 g/mol. The van der Waals surface area contributed by atoms with E-state index in [1.165, 1.54) is 19.5 Å². The van der Waals surface area contributed by atoms with Crippen molar-refractivity contribution >= 4 is 29.9 Å². The Morgan fingerprint density at radius 3 is 2.67 bits per heavy atom.